The number of methoxy groups -OCH3 is 1. The largest absolute Gasteiger partial charge is 0.481 e. The second-order valence-electron chi connectivity index (χ2n) is 6.55. The highest BCUT2D eigenvalue weighted by molar-refractivity contribution is 5.93. The lowest BCUT2D eigenvalue weighted by atomic mass is 9.81. The highest BCUT2D eigenvalue weighted by atomic mass is 19.1. The van der Waals surface area contributed by atoms with Gasteiger partial charge in [-0.2, -0.15) is 0 Å². The molecule has 2 atom stereocenters. The summed E-state index contributed by atoms with van der Waals surface area (Å²) in [5, 5.41) is 12.1. The molecule has 1 aliphatic heterocycles. The molecule has 0 spiro atoms. The number of hydrogen-bond acceptors (Lipinski definition) is 4. The molecular weight excluding hydrogens is 331 g/mol. The molecule has 7 nitrogen and oxygen atoms in total. The van der Waals surface area contributed by atoms with Crippen LogP contribution in [0.5, 0.6) is 0 Å². The van der Waals surface area contributed by atoms with Crippen molar-refractivity contribution in [3.63, 3.8) is 0 Å². The topological polar surface area (TPSA) is 95.9 Å². The molecule has 0 radical (unpaired) electrons. The number of halogens is 1. The van der Waals surface area contributed by atoms with Gasteiger partial charge in [0.15, 0.2) is 0 Å². The van der Waals surface area contributed by atoms with Gasteiger partial charge < -0.3 is 20.1 Å². The predicted octanol–water partition coefficient (Wildman–Crippen LogP) is 2.33. The third-order valence-electron chi connectivity index (χ3n) is 5.21. The summed E-state index contributed by atoms with van der Waals surface area (Å²) in [5.41, 5.74) is -0.894. The van der Waals surface area contributed by atoms with Crippen molar-refractivity contribution in [1.29, 1.82) is 0 Å². The van der Waals surface area contributed by atoms with E-state index in [4.69, 9.17) is 0 Å². The van der Waals surface area contributed by atoms with Crippen LogP contribution in [0.25, 0.3) is 0 Å². The number of aliphatic carboxylic acids is 1. The number of rotatable bonds is 3. The molecule has 1 saturated carbocycles. The smallest absolute Gasteiger partial charge is 0.340 e. The van der Waals surface area contributed by atoms with E-state index in [2.05, 4.69) is 10.1 Å². The minimum Gasteiger partial charge on any atom is -0.481 e. The van der Waals surface area contributed by atoms with Crippen molar-refractivity contribution in [1.82, 2.24) is 4.90 Å². The second-order valence-corrected chi connectivity index (χ2v) is 6.55. The Bertz CT molecular complexity index is 738. The summed E-state index contributed by atoms with van der Waals surface area (Å²) in [5.74, 6) is -2.51. The fourth-order valence-electron chi connectivity index (χ4n) is 3.86. The van der Waals surface area contributed by atoms with Gasteiger partial charge in [0.2, 0.25) is 0 Å². The van der Waals surface area contributed by atoms with Crippen LogP contribution in [0.2, 0.25) is 0 Å². The van der Waals surface area contributed by atoms with Crippen molar-refractivity contribution in [2.75, 3.05) is 25.5 Å². The van der Waals surface area contributed by atoms with Crippen molar-refractivity contribution >= 4 is 23.7 Å². The first kappa shape index (κ1) is 17.2. The SMILES string of the molecule is COC(=O)c1ccc(NC(=O)N2C[C@@H]3CCC[C@@]3(C(=O)O)C2)cc1F. The highest BCUT2D eigenvalue weighted by Gasteiger charge is 2.55. The molecule has 2 amide bonds. The van der Waals surface area contributed by atoms with Crippen LogP contribution in [-0.2, 0) is 9.53 Å². The van der Waals surface area contributed by atoms with Gasteiger partial charge >= 0.3 is 18.0 Å². The van der Waals surface area contributed by atoms with Crippen LogP contribution in [0.15, 0.2) is 18.2 Å². The first-order chi connectivity index (χ1) is 11.9. The van der Waals surface area contributed by atoms with Crippen LogP contribution in [0.3, 0.4) is 0 Å². The Kier molecular flexibility index (Phi) is 4.36. The number of ether oxygens (including phenoxy) is 1. The number of fused-ring (bicyclic) bond motifs is 1. The van der Waals surface area contributed by atoms with Gasteiger partial charge in [-0.15, -0.1) is 0 Å². The monoisotopic (exact) mass is 350 g/mol. The second kappa shape index (κ2) is 6.34. The average Bonchev–Trinajstić information content (AvgIpc) is 3.12. The number of amides is 2. The number of hydrogen-bond donors (Lipinski definition) is 2. The number of nitrogens with one attached hydrogen (secondary N) is 1. The molecular formula is C17H19FN2O5. The molecule has 134 valence electrons. The molecule has 2 aliphatic rings. The van der Waals surface area contributed by atoms with E-state index in [1.165, 1.54) is 17.0 Å². The molecule has 25 heavy (non-hydrogen) atoms. The van der Waals surface area contributed by atoms with Crippen molar-refractivity contribution in [2.45, 2.75) is 19.3 Å². The number of carbonyl (C=O) groups excluding carboxylic acids is 2. The molecule has 1 heterocycles. The van der Waals surface area contributed by atoms with Gasteiger partial charge in [0.25, 0.3) is 0 Å². The number of anilines is 1. The van der Waals surface area contributed by atoms with Gasteiger partial charge in [-0.3, -0.25) is 4.79 Å². The average molecular weight is 350 g/mol. The zero-order valence-corrected chi connectivity index (χ0v) is 13.8. The minimum atomic E-state index is -0.864. The normalized spacial score (nSPS) is 24.7. The Morgan fingerprint density at radius 1 is 1.40 bits per heavy atom. The Balaban J connectivity index is 1.70. The van der Waals surface area contributed by atoms with Crippen LogP contribution in [0.1, 0.15) is 29.6 Å². The standard InChI is InChI=1S/C17H19FN2O5/c1-25-14(21)12-5-4-11(7-13(12)18)19-16(24)20-8-10-3-2-6-17(10,9-20)15(22)23/h4-5,7,10H,2-3,6,8-9H2,1H3,(H,19,24)(H,22,23)/t10-,17+/m0/s1. The summed E-state index contributed by atoms with van der Waals surface area (Å²) in [6, 6.07) is 3.19. The Hall–Kier alpha value is -2.64. The lowest BCUT2D eigenvalue weighted by molar-refractivity contribution is -0.149. The molecule has 8 heteroatoms. The van der Waals surface area contributed by atoms with Crippen molar-refractivity contribution in [2.24, 2.45) is 11.3 Å². The molecule has 1 aromatic rings. The Morgan fingerprint density at radius 2 is 2.16 bits per heavy atom. The molecule has 0 unspecified atom stereocenters. The van der Waals surface area contributed by atoms with Crippen LogP contribution < -0.4 is 5.32 Å². The highest BCUT2D eigenvalue weighted by Crippen LogP contribution is 2.48. The maximum Gasteiger partial charge on any atom is 0.340 e. The van der Waals surface area contributed by atoms with Gasteiger partial charge in [0.1, 0.15) is 5.82 Å². The molecule has 3 rings (SSSR count). The molecule has 2 N–H and O–H groups in total. The first-order valence-electron chi connectivity index (χ1n) is 8.04. The van der Waals surface area contributed by atoms with E-state index in [1.807, 2.05) is 0 Å². The molecule has 0 bridgehead atoms. The van der Waals surface area contributed by atoms with Gasteiger partial charge in [-0.1, -0.05) is 6.42 Å². The van der Waals surface area contributed by atoms with Crippen LogP contribution >= 0.6 is 0 Å². The number of benzene rings is 1. The summed E-state index contributed by atoms with van der Waals surface area (Å²) >= 11 is 0. The van der Waals surface area contributed by atoms with Crippen molar-refractivity contribution in [3.8, 4) is 0 Å². The number of carboxylic acid groups (broad SMARTS) is 1. The predicted molar refractivity (Wildman–Crippen MR) is 85.7 cm³/mol. The lowest BCUT2D eigenvalue weighted by Gasteiger charge is -2.23. The number of carboxylic acids is 1. The third kappa shape index (κ3) is 2.92. The number of nitrogens with zero attached hydrogens (tertiary/aromatic N) is 1. The van der Waals surface area contributed by atoms with E-state index < -0.39 is 29.2 Å². The Labute approximate surface area is 143 Å². The summed E-state index contributed by atoms with van der Waals surface area (Å²) in [7, 11) is 1.15. The van der Waals surface area contributed by atoms with Crippen LogP contribution in [-0.4, -0.2) is 48.2 Å². The van der Waals surface area contributed by atoms with Gasteiger partial charge in [-0.05, 0) is 37.0 Å². The van der Waals surface area contributed by atoms with Gasteiger partial charge in [-0.25, -0.2) is 14.0 Å². The summed E-state index contributed by atoms with van der Waals surface area (Å²) < 4.78 is 18.4. The lowest BCUT2D eigenvalue weighted by Crippen LogP contribution is -2.38. The van der Waals surface area contributed by atoms with Crippen LogP contribution in [0, 0.1) is 17.2 Å². The summed E-state index contributed by atoms with van der Waals surface area (Å²) in [6.45, 7) is 0.530. The molecule has 0 aromatic heterocycles. The molecule has 1 aromatic carbocycles. The number of likely N-dealkylation sites (tertiary alicyclic amines) is 1. The fraction of sp³-hybridized carbons (Fsp3) is 0.471. The first-order valence-corrected chi connectivity index (χ1v) is 8.04. The molecule has 1 aliphatic carbocycles. The maximum absolute atomic E-state index is 13.9. The third-order valence-corrected chi connectivity index (χ3v) is 5.21. The zero-order valence-electron chi connectivity index (χ0n) is 13.8. The molecule has 2 fully saturated rings. The quantitative estimate of drug-likeness (QED) is 0.816. The van der Waals surface area contributed by atoms with Gasteiger partial charge in [0, 0.05) is 18.8 Å². The van der Waals surface area contributed by atoms with E-state index in [1.54, 1.807) is 0 Å². The summed E-state index contributed by atoms with van der Waals surface area (Å²) in [6.07, 6.45) is 2.21. The Morgan fingerprint density at radius 3 is 2.76 bits per heavy atom. The summed E-state index contributed by atoms with van der Waals surface area (Å²) in [4.78, 5) is 36.9. The van der Waals surface area contributed by atoms with Crippen molar-refractivity contribution in [3.05, 3.63) is 29.6 Å². The van der Waals surface area contributed by atoms with E-state index in [9.17, 15) is 23.9 Å². The van der Waals surface area contributed by atoms with Crippen molar-refractivity contribution < 1.29 is 28.6 Å². The van der Waals surface area contributed by atoms with E-state index >= 15 is 0 Å². The van der Waals surface area contributed by atoms with Crippen LogP contribution in [0.4, 0.5) is 14.9 Å². The van der Waals surface area contributed by atoms with Gasteiger partial charge in [0.05, 0.1) is 18.1 Å². The number of carbonyl (C=O) groups is 3. The molecule has 1 saturated heterocycles. The fourth-order valence-corrected chi connectivity index (χ4v) is 3.86. The minimum absolute atomic E-state index is 0.0470. The van der Waals surface area contributed by atoms with E-state index in [0.717, 1.165) is 26.0 Å². The zero-order chi connectivity index (χ0) is 18.2. The van der Waals surface area contributed by atoms with E-state index in [-0.39, 0.29) is 23.7 Å². The number of esters is 1. The number of urea groups is 1. The maximum atomic E-state index is 13.9. The van der Waals surface area contributed by atoms with E-state index in [0.29, 0.717) is 13.0 Å².